The maximum Gasteiger partial charge on any atom is 0.335 e. The van der Waals surface area contributed by atoms with Crippen LogP contribution in [-0.4, -0.2) is 17.8 Å². The smallest absolute Gasteiger partial charge is 0.335 e. The van der Waals surface area contributed by atoms with E-state index in [0.717, 1.165) is 16.0 Å². The number of anilines is 1. The Balaban J connectivity index is 1.55. The minimum Gasteiger partial charge on any atom is -0.488 e. The Morgan fingerprint density at radius 2 is 1.79 bits per heavy atom. The van der Waals surface area contributed by atoms with Crippen molar-refractivity contribution in [2.75, 3.05) is 4.90 Å². The van der Waals surface area contributed by atoms with Crippen LogP contribution in [0.4, 0.5) is 10.5 Å². The van der Waals surface area contributed by atoms with E-state index in [1.807, 2.05) is 19.1 Å². The summed E-state index contributed by atoms with van der Waals surface area (Å²) in [6.07, 6.45) is 1.43. The summed E-state index contributed by atoms with van der Waals surface area (Å²) in [6.45, 7) is 2.12. The molecule has 0 spiro atoms. The predicted molar refractivity (Wildman–Crippen MR) is 135 cm³/mol. The lowest BCUT2D eigenvalue weighted by Crippen LogP contribution is -2.54. The van der Waals surface area contributed by atoms with Crippen LogP contribution in [0.15, 0.2) is 70.7 Å². The highest BCUT2D eigenvalue weighted by Crippen LogP contribution is 2.30. The predicted octanol–water partition coefficient (Wildman–Crippen LogP) is 6.31. The van der Waals surface area contributed by atoms with Crippen LogP contribution in [0.5, 0.6) is 5.75 Å². The summed E-state index contributed by atoms with van der Waals surface area (Å²) >= 11 is 15.4. The normalized spacial score (nSPS) is 15.0. The standard InChI is InChI=1S/C25H17BrCl2N2O4/c1-14-3-2-4-17(9-14)30-24(32)18(23(31)29-25(30)33)10-15-6-8-22(19(26)11-15)34-13-16-5-7-20(27)21(28)12-16/h2-12H,13H2,1H3,(H,29,31,33)/b18-10+. The van der Waals surface area contributed by atoms with Crippen LogP contribution in [-0.2, 0) is 16.2 Å². The van der Waals surface area contributed by atoms with E-state index in [9.17, 15) is 14.4 Å². The van der Waals surface area contributed by atoms with Crippen LogP contribution < -0.4 is 15.0 Å². The van der Waals surface area contributed by atoms with Gasteiger partial charge in [0.15, 0.2) is 0 Å². The lowest BCUT2D eigenvalue weighted by molar-refractivity contribution is -0.122. The molecule has 34 heavy (non-hydrogen) atoms. The molecule has 1 heterocycles. The molecule has 1 saturated heterocycles. The molecule has 3 aromatic rings. The topological polar surface area (TPSA) is 75.7 Å². The third-order valence-corrected chi connectivity index (χ3v) is 6.37. The Bertz CT molecular complexity index is 1360. The lowest BCUT2D eigenvalue weighted by atomic mass is 10.1. The monoisotopic (exact) mass is 558 g/mol. The Kier molecular flexibility index (Phi) is 7.07. The van der Waals surface area contributed by atoms with Crippen molar-refractivity contribution >= 4 is 68.7 Å². The Labute approximate surface area is 214 Å². The van der Waals surface area contributed by atoms with E-state index in [2.05, 4.69) is 21.2 Å². The number of urea groups is 1. The third kappa shape index (κ3) is 5.17. The first-order valence-corrected chi connectivity index (χ1v) is 11.6. The first-order chi connectivity index (χ1) is 16.2. The zero-order valence-corrected chi connectivity index (χ0v) is 20.9. The molecule has 4 amide bonds. The number of ether oxygens (including phenoxy) is 1. The van der Waals surface area contributed by atoms with Crippen molar-refractivity contribution < 1.29 is 19.1 Å². The molecule has 1 aliphatic heterocycles. The number of carbonyl (C=O) groups excluding carboxylic acids is 3. The Morgan fingerprint density at radius 3 is 2.50 bits per heavy atom. The van der Waals surface area contributed by atoms with Crippen molar-refractivity contribution in [3.63, 3.8) is 0 Å². The number of aryl methyl sites for hydroxylation is 1. The van der Waals surface area contributed by atoms with E-state index in [1.54, 1.807) is 48.5 Å². The molecule has 6 nitrogen and oxygen atoms in total. The molecule has 1 N–H and O–H groups in total. The van der Waals surface area contributed by atoms with Gasteiger partial charge in [0.05, 0.1) is 20.2 Å². The number of benzene rings is 3. The van der Waals surface area contributed by atoms with Crippen molar-refractivity contribution in [1.29, 1.82) is 0 Å². The van der Waals surface area contributed by atoms with Crippen molar-refractivity contribution in [3.05, 3.63) is 97.4 Å². The number of barbiturate groups is 1. The summed E-state index contributed by atoms with van der Waals surface area (Å²) in [5.41, 5.74) is 2.52. The minimum absolute atomic E-state index is 0.155. The number of hydrogen-bond donors (Lipinski definition) is 1. The maximum absolute atomic E-state index is 13.0. The van der Waals surface area contributed by atoms with E-state index in [1.165, 1.54) is 6.08 Å². The number of nitrogens with one attached hydrogen (secondary N) is 1. The Hall–Kier alpha value is -3.13. The van der Waals surface area contributed by atoms with Gasteiger partial charge in [-0.1, -0.05) is 47.5 Å². The van der Waals surface area contributed by atoms with E-state index in [-0.39, 0.29) is 12.2 Å². The van der Waals surface area contributed by atoms with Crippen LogP contribution in [0.1, 0.15) is 16.7 Å². The zero-order chi connectivity index (χ0) is 24.4. The molecule has 4 rings (SSSR count). The number of carbonyl (C=O) groups is 3. The largest absolute Gasteiger partial charge is 0.488 e. The van der Waals surface area contributed by atoms with Gasteiger partial charge in [0.25, 0.3) is 11.8 Å². The summed E-state index contributed by atoms with van der Waals surface area (Å²) in [7, 11) is 0. The van der Waals surface area contributed by atoms with Crippen LogP contribution in [0.25, 0.3) is 6.08 Å². The third-order valence-electron chi connectivity index (χ3n) is 5.01. The first kappa shape index (κ1) is 24.0. The lowest BCUT2D eigenvalue weighted by Gasteiger charge is -2.26. The maximum atomic E-state index is 13.0. The molecule has 0 aliphatic carbocycles. The quantitative estimate of drug-likeness (QED) is 0.293. The number of imide groups is 2. The summed E-state index contributed by atoms with van der Waals surface area (Å²) in [4.78, 5) is 38.8. The average molecular weight is 560 g/mol. The zero-order valence-electron chi connectivity index (χ0n) is 17.8. The number of hydrogen-bond acceptors (Lipinski definition) is 4. The first-order valence-electron chi connectivity index (χ1n) is 10.1. The van der Waals surface area contributed by atoms with E-state index in [0.29, 0.717) is 31.5 Å². The van der Waals surface area contributed by atoms with Crippen LogP contribution in [0.2, 0.25) is 10.0 Å². The number of nitrogens with zero attached hydrogens (tertiary/aromatic N) is 1. The second kappa shape index (κ2) is 10.0. The van der Waals surface area contributed by atoms with E-state index >= 15 is 0 Å². The van der Waals surface area contributed by atoms with Gasteiger partial charge >= 0.3 is 6.03 Å². The van der Waals surface area contributed by atoms with Crippen molar-refractivity contribution in [2.24, 2.45) is 0 Å². The molecule has 0 bridgehead atoms. The van der Waals surface area contributed by atoms with Gasteiger partial charge in [0.2, 0.25) is 0 Å². The average Bonchev–Trinajstić information content (AvgIpc) is 2.78. The number of halogens is 3. The van der Waals surface area contributed by atoms with Gasteiger partial charge in [-0.3, -0.25) is 14.9 Å². The summed E-state index contributed by atoms with van der Waals surface area (Å²) in [6, 6.07) is 16.5. The van der Waals surface area contributed by atoms with Crippen LogP contribution >= 0.6 is 39.1 Å². The SMILES string of the molecule is Cc1cccc(N2C(=O)NC(=O)/C(=C\c3ccc(OCc4ccc(Cl)c(Cl)c4)c(Br)c3)C2=O)c1. The molecule has 0 aromatic heterocycles. The second-order valence-electron chi connectivity index (χ2n) is 7.52. The minimum atomic E-state index is -0.787. The fourth-order valence-corrected chi connectivity index (χ4v) is 4.17. The molecule has 172 valence electrons. The van der Waals surface area contributed by atoms with Gasteiger partial charge in [-0.2, -0.15) is 0 Å². The Morgan fingerprint density at radius 1 is 1.00 bits per heavy atom. The van der Waals surface area contributed by atoms with Gasteiger partial charge < -0.3 is 4.74 Å². The molecular formula is C25H17BrCl2N2O4. The highest BCUT2D eigenvalue weighted by Gasteiger charge is 2.36. The van der Waals surface area contributed by atoms with Crippen LogP contribution in [0, 0.1) is 6.92 Å². The van der Waals surface area contributed by atoms with Crippen molar-refractivity contribution in [2.45, 2.75) is 13.5 Å². The molecule has 3 aromatic carbocycles. The van der Waals surface area contributed by atoms with Crippen LogP contribution in [0.3, 0.4) is 0 Å². The van der Waals surface area contributed by atoms with Gasteiger partial charge in [-0.25, -0.2) is 9.69 Å². The fourth-order valence-electron chi connectivity index (χ4n) is 3.34. The van der Waals surface area contributed by atoms with Gasteiger partial charge in [0, 0.05) is 0 Å². The molecule has 1 fully saturated rings. The molecule has 0 radical (unpaired) electrons. The molecule has 1 aliphatic rings. The molecule has 0 saturated carbocycles. The molecule has 9 heteroatoms. The summed E-state index contributed by atoms with van der Waals surface area (Å²) < 4.78 is 6.46. The van der Waals surface area contributed by atoms with Gasteiger partial charge in [-0.15, -0.1) is 0 Å². The second-order valence-corrected chi connectivity index (χ2v) is 9.19. The number of rotatable bonds is 5. The van der Waals surface area contributed by atoms with E-state index < -0.39 is 17.8 Å². The van der Waals surface area contributed by atoms with Crippen molar-refractivity contribution in [3.8, 4) is 5.75 Å². The highest BCUT2D eigenvalue weighted by atomic mass is 79.9. The van der Waals surface area contributed by atoms with Crippen molar-refractivity contribution in [1.82, 2.24) is 5.32 Å². The number of amides is 4. The van der Waals surface area contributed by atoms with Gasteiger partial charge in [0.1, 0.15) is 17.9 Å². The molecular weight excluding hydrogens is 543 g/mol. The fraction of sp³-hybridized carbons (Fsp3) is 0.0800. The van der Waals surface area contributed by atoms with Gasteiger partial charge in [-0.05, 0) is 82.0 Å². The summed E-state index contributed by atoms with van der Waals surface area (Å²) in [5, 5.41) is 3.13. The van der Waals surface area contributed by atoms with E-state index in [4.69, 9.17) is 27.9 Å². The highest BCUT2D eigenvalue weighted by molar-refractivity contribution is 9.10. The molecule has 0 unspecified atom stereocenters. The summed E-state index contributed by atoms with van der Waals surface area (Å²) in [5.74, 6) is -0.894. The molecule has 0 atom stereocenters.